The Hall–Kier alpha value is -3.49. The lowest BCUT2D eigenvalue weighted by molar-refractivity contribution is -0.384. The van der Waals surface area contributed by atoms with E-state index in [9.17, 15) is 14.9 Å². The third-order valence-electron chi connectivity index (χ3n) is 6.52. The summed E-state index contributed by atoms with van der Waals surface area (Å²) in [7, 11) is 4.07. The van der Waals surface area contributed by atoms with Crippen molar-refractivity contribution < 1.29 is 9.72 Å². The van der Waals surface area contributed by atoms with Gasteiger partial charge in [0, 0.05) is 50.0 Å². The molecule has 0 bridgehead atoms. The zero-order chi connectivity index (χ0) is 24.1. The van der Waals surface area contributed by atoms with Crippen LogP contribution in [0.15, 0.2) is 30.3 Å². The van der Waals surface area contributed by atoms with Gasteiger partial charge in [0.2, 0.25) is 11.9 Å². The van der Waals surface area contributed by atoms with Gasteiger partial charge in [-0.2, -0.15) is 4.98 Å². The van der Waals surface area contributed by atoms with Gasteiger partial charge in [-0.15, -0.1) is 0 Å². The lowest BCUT2D eigenvalue weighted by atomic mass is 9.91. The third kappa shape index (κ3) is 5.89. The highest BCUT2D eigenvalue weighted by atomic mass is 16.6. The number of nitrogens with zero attached hydrogens (tertiary/aromatic N) is 4. The molecule has 0 saturated heterocycles. The SMILES string of the molecule is CN(C)c1nc(NC2CCC(NC(=O)C=Cc3ccc([N+](=O)[O-])cc3)CC2)nc2c1CCCC2. The first-order valence-corrected chi connectivity index (χ1v) is 12.0. The number of nitro benzene ring substituents is 1. The van der Waals surface area contributed by atoms with Crippen LogP contribution < -0.4 is 15.5 Å². The summed E-state index contributed by atoms with van der Waals surface area (Å²) >= 11 is 0. The molecule has 0 radical (unpaired) electrons. The van der Waals surface area contributed by atoms with Crippen LogP contribution in [0.1, 0.15) is 55.3 Å². The molecule has 0 aliphatic heterocycles. The molecule has 2 aliphatic rings. The molecule has 0 unspecified atom stereocenters. The molecule has 0 spiro atoms. The predicted octanol–water partition coefficient (Wildman–Crippen LogP) is 3.88. The second-order valence-corrected chi connectivity index (χ2v) is 9.28. The largest absolute Gasteiger partial charge is 0.362 e. The summed E-state index contributed by atoms with van der Waals surface area (Å²) in [5, 5.41) is 17.3. The number of hydrogen-bond acceptors (Lipinski definition) is 7. The molecule has 1 aromatic carbocycles. The number of carbonyl (C=O) groups excluding carboxylic acids is 1. The van der Waals surface area contributed by atoms with Gasteiger partial charge in [-0.25, -0.2) is 4.98 Å². The fraction of sp³-hybridized carbons (Fsp3) is 0.480. The number of non-ortho nitro benzene ring substituents is 1. The van der Waals surface area contributed by atoms with Crippen LogP contribution in [0.3, 0.4) is 0 Å². The topological polar surface area (TPSA) is 113 Å². The lowest BCUT2D eigenvalue weighted by Crippen LogP contribution is -2.39. The van der Waals surface area contributed by atoms with Crippen LogP contribution >= 0.6 is 0 Å². The van der Waals surface area contributed by atoms with Gasteiger partial charge in [0.05, 0.1) is 10.6 Å². The summed E-state index contributed by atoms with van der Waals surface area (Å²) in [5.41, 5.74) is 3.24. The molecule has 1 saturated carbocycles. The average molecular weight is 465 g/mol. The van der Waals surface area contributed by atoms with Gasteiger partial charge in [0.25, 0.3) is 5.69 Å². The molecule has 9 nitrogen and oxygen atoms in total. The summed E-state index contributed by atoms with van der Waals surface area (Å²) in [6.07, 6.45) is 11.2. The highest BCUT2D eigenvalue weighted by Crippen LogP contribution is 2.29. The van der Waals surface area contributed by atoms with Crippen molar-refractivity contribution in [1.29, 1.82) is 0 Å². The fourth-order valence-electron chi connectivity index (χ4n) is 4.70. The number of aromatic nitrogens is 2. The number of fused-ring (bicyclic) bond motifs is 1. The molecule has 1 aromatic heterocycles. The number of rotatable bonds is 7. The van der Waals surface area contributed by atoms with Gasteiger partial charge in [-0.3, -0.25) is 14.9 Å². The second-order valence-electron chi connectivity index (χ2n) is 9.28. The molecular formula is C25H32N6O3. The Morgan fingerprint density at radius 1 is 1.06 bits per heavy atom. The molecule has 1 fully saturated rings. The molecule has 34 heavy (non-hydrogen) atoms. The standard InChI is InChI=1S/C25H32N6O3/c1-30(2)24-21-5-3-4-6-22(21)28-25(29-24)27-19-12-10-18(11-13-19)26-23(32)16-9-17-7-14-20(15-8-17)31(33)34/h7-9,14-16,18-19H,3-6,10-13H2,1-2H3,(H,26,32)(H,27,28,29). The second kappa shape index (κ2) is 10.6. The first kappa shape index (κ1) is 23.7. The fourth-order valence-corrected chi connectivity index (χ4v) is 4.70. The van der Waals surface area contributed by atoms with Crippen molar-refractivity contribution >= 4 is 29.4 Å². The van der Waals surface area contributed by atoms with Crippen molar-refractivity contribution in [3.63, 3.8) is 0 Å². The number of nitro groups is 1. The van der Waals surface area contributed by atoms with Gasteiger partial charge in [0.15, 0.2) is 0 Å². The van der Waals surface area contributed by atoms with E-state index in [1.165, 1.54) is 42.3 Å². The number of amides is 1. The van der Waals surface area contributed by atoms with Gasteiger partial charge >= 0.3 is 0 Å². The average Bonchev–Trinajstić information content (AvgIpc) is 2.83. The number of anilines is 2. The van der Waals surface area contributed by atoms with Gasteiger partial charge in [-0.05, 0) is 75.1 Å². The zero-order valence-corrected chi connectivity index (χ0v) is 19.8. The van der Waals surface area contributed by atoms with Crippen LogP contribution in [0.2, 0.25) is 0 Å². The molecule has 4 rings (SSSR count). The van der Waals surface area contributed by atoms with Crippen LogP contribution in [-0.4, -0.2) is 47.0 Å². The molecule has 2 aliphatic carbocycles. The van der Waals surface area contributed by atoms with Crippen LogP contribution in [0, 0.1) is 10.1 Å². The summed E-state index contributed by atoms with van der Waals surface area (Å²) < 4.78 is 0. The van der Waals surface area contributed by atoms with E-state index in [1.807, 2.05) is 14.1 Å². The molecule has 1 heterocycles. The van der Waals surface area contributed by atoms with Crippen molar-refractivity contribution in [2.45, 2.75) is 63.5 Å². The monoisotopic (exact) mass is 464 g/mol. The minimum Gasteiger partial charge on any atom is -0.362 e. The Morgan fingerprint density at radius 3 is 2.41 bits per heavy atom. The molecule has 0 atom stereocenters. The van der Waals surface area contributed by atoms with E-state index in [0.29, 0.717) is 12.0 Å². The van der Waals surface area contributed by atoms with E-state index >= 15 is 0 Å². The lowest BCUT2D eigenvalue weighted by Gasteiger charge is -2.30. The van der Waals surface area contributed by atoms with Crippen molar-refractivity contribution in [2.24, 2.45) is 0 Å². The molecule has 1 amide bonds. The number of nitrogens with one attached hydrogen (secondary N) is 2. The smallest absolute Gasteiger partial charge is 0.269 e. The number of aryl methyl sites for hydroxylation is 1. The number of carbonyl (C=O) groups is 1. The van der Waals surface area contributed by atoms with E-state index in [2.05, 4.69) is 15.5 Å². The molecule has 2 N–H and O–H groups in total. The Bertz CT molecular complexity index is 1060. The van der Waals surface area contributed by atoms with Crippen LogP contribution in [0.5, 0.6) is 0 Å². The Kier molecular flexibility index (Phi) is 7.40. The quantitative estimate of drug-likeness (QED) is 0.363. The summed E-state index contributed by atoms with van der Waals surface area (Å²) in [5.74, 6) is 1.58. The van der Waals surface area contributed by atoms with E-state index in [0.717, 1.165) is 49.9 Å². The van der Waals surface area contributed by atoms with E-state index in [-0.39, 0.29) is 17.6 Å². The van der Waals surface area contributed by atoms with Crippen molar-refractivity contribution in [3.8, 4) is 0 Å². The van der Waals surface area contributed by atoms with Gasteiger partial charge < -0.3 is 15.5 Å². The van der Waals surface area contributed by atoms with Crippen molar-refractivity contribution in [3.05, 3.63) is 57.3 Å². The van der Waals surface area contributed by atoms with Crippen molar-refractivity contribution in [2.75, 3.05) is 24.3 Å². The number of benzene rings is 1. The van der Waals surface area contributed by atoms with E-state index in [1.54, 1.807) is 18.2 Å². The summed E-state index contributed by atoms with van der Waals surface area (Å²) in [6.45, 7) is 0. The Labute approximate surface area is 199 Å². The highest BCUT2D eigenvalue weighted by molar-refractivity contribution is 5.91. The number of hydrogen-bond donors (Lipinski definition) is 2. The molecular weight excluding hydrogens is 432 g/mol. The maximum Gasteiger partial charge on any atom is 0.269 e. The van der Waals surface area contributed by atoms with Gasteiger partial charge in [0.1, 0.15) is 5.82 Å². The highest BCUT2D eigenvalue weighted by Gasteiger charge is 2.24. The maximum absolute atomic E-state index is 12.3. The van der Waals surface area contributed by atoms with E-state index in [4.69, 9.17) is 9.97 Å². The molecule has 180 valence electrons. The predicted molar refractivity (Wildman–Crippen MR) is 133 cm³/mol. The van der Waals surface area contributed by atoms with Crippen LogP contribution in [0.4, 0.5) is 17.5 Å². The third-order valence-corrected chi connectivity index (χ3v) is 6.52. The first-order chi connectivity index (χ1) is 16.4. The first-order valence-electron chi connectivity index (χ1n) is 12.0. The van der Waals surface area contributed by atoms with Gasteiger partial charge in [-0.1, -0.05) is 0 Å². The Morgan fingerprint density at radius 2 is 1.74 bits per heavy atom. The normalized spacial score (nSPS) is 19.9. The molecule has 9 heteroatoms. The van der Waals surface area contributed by atoms with Crippen molar-refractivity contribution in [1.82, 2.24) is 15.3 Å². The molecule has 2 aromatic rings. The maximum atomic E-state index is 12.3. The summed E-state index contributed by atoms with van der Waals surface area (Å²) in [6, 6.07) is 6.54. The minimum atomic E-state index is -0.440. The minimum absolute atomic E-state index is 0.0331. The zero-order valence-electron chi connectivity index (χ0n) is 19.8. The van der Waals surface area contributed by atoms with E-state index < -0.39 is 4.92 Å². The van der Waals surface area contributed by atoms with Crippen LogP contribution in [0.25, 0.3) is 6.08 Å². The Balaban J connectivity index is 1.28. The summed E-state index contributed by atoms with van der Waals surface area (Å²) in [4.78, 5) is 34.3. The van der Waals surface area contributed by atoms with Crippen LogP contribution in [-0.2, 0) is 17.6 Å².